The van der Waals surface area contributed by atoms with E-state index in [0.29, 0.717) is 0 Å². The molecule has 2 rings (SSSR count). The Labute approximate surface area is 107 Å². The van der Waals surface area contributed by atoms with Gasteiger partial charge in [-0.3, -0.25) is 4.98 Å². The van der Waals surface area contributed by atoms with Crippen molar-refractivity contribution in [1.82, 2.24) is 4.98 Å². The van der Waals surface area contributed by atoms with Gasteiger partial charge in [0, 0.05) is 12.7 Å². The minimum Gasteiger partial charge on any atom is -0.496 e. The van der Waals surface area contributed by atoms with E-state index in [1.165, 1.54) is 0 Å². The SMILES string of the molecule is CNc1cncc(Nc2ccc(OC)c(C)c2)c1. The molecule has 0 saturated carbocycles. The molecule has 0 atom stereocenters. The fourth-order valence-electron chi connectivity index (χ4n) is 1.77. The van der Waals surface area contributed by atoms with E-state index < -0.39 is 0 Å². The van der Waals surface area contributed by atoms with Gasteiger partial charge in [0.1, 0.15) is 5.75 Å². The van der Waals surface area contributed by atoms with Crippen LogP contribution in [0.15, 0.2) is 36.7 Å². The molecule has 2 N–H and O–H groups in total. The number of rotatable bonds is 4. The Bertz CT molecular complexity index is 540. The molecule has 0 saturated heterocycles. The number of aryl methyl sites for hydroxylation is 1. The van der Waals surface area contributed by atoms with Gasteiger partial charge in [0.2, 0.25) is 0 Å². The summed E-state index contributed by atoms with van der Waals surface area (Å²) in [6.07, 6.45) is 3.57. The van der Waals surface area contributed by atoms with Crippen molar-refractivity contribution in [3.63, 3.8) is 0 Å². The predicted octanol–water partition coefficient (Wildman–Crippen LogP) is 3.18. The smallest absolute Gasteiger partial charge is 0.121 e. The summed E-state index contributed by atoms with van der Waals surface area (Å²) in [5.74, 6) is 0.891. The lowest BCUT2D eigenvalue weighted by molar-refractivity contribution is 0.412. The zero-order chi connectivity index (χ0) is 13.0. The molecule has 0 aliphatic rings. The van der Waals surface area contributed by atoms with E-state index in [0.717, 1.165) is 28.4 Å². The highest BCUT2D eigenvalue weighted by atomic mass is 16.5. The second-order valence-corrected chi connectivity index (χ2v) is 4.02. The monoisotopic (exact) mass is 243 g/mol. The Morgan fingerprint density at radius 1 is 1.06 bits per heavy atom. The van der Waals surface area contributed by atoms with E-state index in [1.54, 1.807) is 19.5 Å². The number of hydrogen-bond donors (Lipinski definition) is 2. The first-order valence-electron chi connectivity index (χ1n) is 5.77. The standard InChI is InChI=1S/C14H17N3O/c1-10-6-11(4-5-14(10)18-3)17-13-7-12(15-2)8-16-9-13/h4-9,15,17H,1-3H3. The summed E-state index contributed by atoms with van der Waals surface area (Å²) < 4.78 is 5.24. The number of methoxy groups -OCH3 is 1. The largest absolute Gasteiger partial charge is 0.496 e. The van der Waals surface area contributed by atoms with Gasteiger partial charge in [-0.05, 0) is 36.8 Å². The van der Waals surface area contributed by atoms with Crippen molar-refractivity contribution in [2.24, 2.45) is 0 Å². The molecule has 1 heterocycles. The van der Waals surface area contributed by atoms with Crippen LogP contribution in [-0.2, 0) is 0 Å². The molecule has 2 aromatic rings. The van der Waals surface area contributed by atoms with Crippen LogP contribution in [-0.4, -0.2) is 19.1 Å². The average molecular weight is 243 g/mol. The third-order valence-electron chi connectivity index (χ3n) is 2.71. The van der Waals surface area contributed by atoms with Crippen molar-refractivity contribution in [3.8, 4) is 5.75 Å². The summed E-state index contributed by atoms with van der Waals surface area (Å²) in [5.41, 5.74) is 4.04. The van der Waals surface area contributed by atoms with Crippen LogP contribution in [0.1, 0.15) is 5.56 Å². The third kappa shape index (κ3) is 2.71. The molecule has 0 aliphatic carbocycles. The lowest BCUT2D eigenvalue weighted by Gasteiger charge is -2.10. The van der Waals surface area contributed by atoms with Gasteiger partial charge in [-0.2, -0.15) is 0 Å². The summed E-state index contributed by atoms with van der Waals surface area (Å²) in [6, 6.07) is 7.99. The van der Waals surface area contributed by atoms with E-state index in [4.69, 9.17) is 4.74 Å². The number of pyridine rings is 1. The first kappa shape index (κ1) is 12.2. The van der Waals surface area contributed by atoms with Crippen molar-refractivity contribution in [3.05, 3.63) is 42.2 Å². The van der Waals surface area contributed by atoms with Gasteiger partial charge in [-0.25, -0.2) is 0 Å². The van der Waals surface area contributed by atoms with Gasteiger partial charge in [0.05, 0.1) is 30.9 Å². The number of nitrogens with one attached hydrogen (secondary N) is 2. The molecule has 0 radical (unpaired) electrons. The molecule has 0 amide bonds. The molecular weight excluding hydrogens is 226 g/mol. The summed E-state index contributed by atoms with van der Waals surface area (Å²) in [6.45, 7) is 2.02. The van der Waals surface area contributed by atoms with E-state index in [1.807, 2.05) is 38.2 Å². The van der Waals surface area contributed by atoms with E-state index in [-0.39, 0.29) is 0 Å². The summed E-state index contributed by atoms with van der Waals surface area (Å²) in [5, 5.41) is 6.37. The first-order valence-corrected chi connectivity index (χ1v) is 5.77. The molecule has 0 bridgehead atoms. The molecule has 18 heavy (non-hydrogen) atoms. The molecule has 0 aliphatic heterocycles. The van der Waals surface area contributed by atoms with Crippen LogP contribution in [0.5, 0.6) is 5.75 Å². The highest BCUT2D eigenvalue weighted by Crippen LogP contribution is 2.24. The topological polar surface area (TPSA) is 46.2 Å². The minimum atomic E-state index is 0.891. The summed E-state index contributed by atoms with van der Waals surface area (Å²) >= 11 is 0. The Hall–Kier alpha value is -2.23. The molecule has 0 fully saturated rings. The Morgan fingerprint density at radius 3 is 2.50 bits per heavy atom. The lowest BCUT2D eigenvalue weighted by Crippen LogP contribution is -1.95. The second-order valence-electron chi connectivity index (χ2n) is 4.02. The number of nitrogens with zero attached hydrogens (tertiary/aromatic N) is 1. The average Bonchev–Trinajstić information content (AvgIpc) is 2.39. The summed E-state index contributed by atoms with van der Waals surface area (Å²) in [4.78, 5) is 4.16. The maximum Gasteiger partial charge on any atom is 0.121 e. The van der Waals surface area contributed by atoms with Crippen LogP contribution in [0.2, 0.25) is 0 Å². The molecule has 1 aromatic heterocycles. The Kier molecular flexibility index (Phi) is 3.67. The van der Waals surface area contributed by atoms with Gasteiger partial charge in [0.25, 0.3) is 0 Å². The maximum absolute atomic E-state index is 5.24. The van der Waals surface area contributed by atoms with Gasteiger partial charge >= 0.3 is 0 Å². The molecule has 4 nitrogen and oxygen atoms in total. The van der Waals surface area contributed by atoms with Gasteiger partial charge in [-0.1, -0.05) is 0 Å². The zero-order valence-corrected chi connectivity index (χ0v) is 10.8. The Balaban J connectivity index is 2.20. The van der Waals surface area contributed by atoms with E-state index in [9.17, 15) is 0 Å². The van der Waals surface area contributed by atoms with E-state index in [2.05, 4.69) is 15.6 Å². The van der Waals surface area contributed by atoms with Crippen LogP contribution in [0.4, 0.5) is 17.1 Å². The number of benzene rings is 1. The number of anilines is 3. The molecule has 1 aromatic carbocycles. The predicted molar refractivity (Wildman–Crippen MR) is 74.8 cm³/mol. The second kappa shape index (κ2) is 5.40. The van der Waals surface area contributed by atoms with Crippen molar-refractivity contribution in [2.45, 2.75) is 6.92 Å². The van der Waals surface area contributed by atoms with Crippen LogP contribution in [0, 0.1) is 6.92 Å². The van der Waals surface area contributed by atoms with E-state index >= 15 is 0 Å². The van der Waals surface area contributed by atoms with Crippen molar-refractivity contribution >= 4 is 17.1 Å². The third-order valence-corrected chi connectivity index (χ3v) is 2.71. The van der Waals surface area contributed by atoms with Crippen molar-refractivity contribution in [1.29, 1.82) is 0 Å². The molecule has 94 valence electrons. The molecule has 0 unspecified atom stereocenters. The fraction of sp³-hybridized carbons (Fsp3) is 0.214. The highest BCUT2D eigenvalue weighted by Gasteiger charge is 2.01. The lowest BCUT2D eigenvalue weighted by atomic mass is 10.2. The van der Waals surface area contributed by atoms with Crippen molar-refractivity contribution in [2.75, 3.05) is 24.8 Å². The first-order chi connectivity index (χ1) is 8.72. The minimum absolute atomic E-state index is 0.891. The normalized spacial score (nSPS) is 9.94. The number of hydrogen-bond acceptors (Lipinski definition) is 4. The quantitative estimate of drug-likeness (QED) is 0.865. The van der Waals surface area contributed by atoms with Crippen LogP contribution in [0.3, 0.4) is 0 Å². The van der Waals surface area contributed by atoms with Crippen LogP contribution < -0.4 is 15.4 Å². The Morgan fingerprint density at radius 2 is 1.83 bits per heavy atom. The highest BCUT2D eigenvalue weighted by molar-refractivity contribution is 5.64. The maximum atomic E-state index is 5.24. The van der Waals surface area contributed by atoms with Gasteiger partial charge in [0.15, 0.2) is 0 Å². The van der Waals surface area contributed by atoms with Crippen LogP contribution in [0.25, 0.3) is 0 Å². The molecular formula is C14H17N3O. The zero-order valence-electron chi connectivity index (χ0n) is 10.8. The van der Waals surface area contributed by atoms with Crippen LogP contribution >= 0.6 is 0 Å². The number of ether oxygens (including phenoxy) is 1. The fourth-order valence-corrected chi connectivity index (χ4v) is 1.77. The number of aromatic nitrogens is 1. The molecule has 4 heteroatoms. The summed E-state index contributed by atoms with van der Waals surface area (Å²) in [7, 11) is 3.55. The van der Waals surface area contributed by atoms with Gasteiger partial charge in [-0.15, -0.1) is 0 Å². The van der Waals surface area contributed by atoms with Crippen molar-refractivity contribution < 1.29 is 4.74 Å². The van der Waals surface area contributed by atoms with Gasteiger partial charge < -0.3 is 15.4 Å². The molecule has 0 spiro atoms.